The van der Waals surface area contributed by atoms with Crippen molar-refractivity contribution in [3.05, 3.63) is 33.9 Å². The molecule has 0 heterocycles. The van der Waals surface area contributed by atoms with Crippen LogP contribution < -0.4 is 5.32 Å². The van der Waals surface area contributed by atoms with E-state index in [4.69, 9.17) is 4.74 Å². The first-order valence-electron chi connectivity index (χ1n) is 6.29. The number of carbonyl (C=O) groups is 2. The second-order valence-electron chi connectivity index (χ2n) is 4.47. The van der Waals surface area contributed by atoms with Gasteiger partial charge in [-0.1, -0.05) is 0 Å². The van der Waals surface area contributed by atoms with Crippen LogP contribution in [0.4, 0.5) is 11.4 Å². The van der Waals surface area contributed by atoms with Crippen LogP contribution in [0.2, 0.25) is 0 Å². The van der Waals surface area contributed by atoms with Crippen LogP contribution in [0.1, 0.15) is 30.1 Å². The summed E-state index contributed by atoms with van der Waals surface area (Å²) in [7, 11) is 0. The molecule has 0 spiro atoms. The van der Waals surface area contributed by atoms with Crippen molar-refractivity contribution in [2.75, 3.05) is 11.9 Å². The maximum atomic E-state index is 11.7. The number of carbonyl (C=O) groups excluding carboxylic acids is 2. The Hall–Kier alpha value is -2.44. The molecule has 1 N–H and O–H groups in total. The van der Waals surface area contributed by atoms with Gasteiger partial charge < -0.3 is 10.1 Å². The first kappa shape index (κ1) is 14.0. The van der Waals surface area contributed by atoms with E-state index in [0.29, 0.717) is 0 Å². The van der Waals surface area contributed by atoms with Crippen molar-refractivity contribution in [2.24, 2.45) is 5.92 Å². The molecule has 1 aromatic rings. The summed E-state index contributed by atoms with van der Waals surface area (Å²) < 4.78 is 4.83. The molecule has 1 saturated carbocycles. The van der Waals surface area contributed by atoms with Crippen LogP contribution in [0.5, 0.6) is 0 Å². The number of ether oxygens (including phenoxy) is 1. The van der Waals surface area contributed by atoms with Crippen molar-refractivity contribution in [3.8, 4) is 0 Å². The summed E-state index contributed by atoms with van der Waals surface area (Å²) in [6, 6.07) is 3.77. The molecule has 0 aliphatic heterocycles. The van der Waals surface area contributed by atoms with Crippen LogP contribution in [-0.4, -0.2) is 23.4 Å². The highest BCUT2D eigenvalue weighted by molar-refractivity contribution is 5.98. The van der Waals surface area contributed by atoms with Crippen LogP contribution in [0.25, 0.3) is 0 Å². The quantitative estimate of drug-likeness (QED) is 0.505. The lowest BCUT2D eigenvalue weighted by Crippen LogP contribution is -2.15. The highest BCUT2D eigenvalue weighted by Crippen LogP contribution is 2.32. The molecule has 20 heavy (non-hydrogen) atoms. The van der Waals surface area contributed by atoms with Crippen molar-refractivity contribution in [1.82, 2.24) is 0 Å². The molecule has 1 aliphatic carbocycles. The minimum atomic E-state index is -0.600. The molecular formula is C13H14N2O5. The van der Waals surface area contributed by atoms with Gasteiger partial charge in [-0.3, -0.25) is 14.9 Å². The van der Waals surface area contributed by atoms with Crippen molar-refractivity contribution < 1.29 is 19.2 Å². The molecule has 1 aromatic carbocycles. The van der Waals surface area contributed by atoms with Crippen molar-refractivity contribution in [3.63, 3.8) is 0 Å². The molecule has 1 amide bonds. The zero-order valence-electron chi connectivity index (χ0n) is 10.9. The van der Waals surface area contributed by atoms with Gasteiger partial charge >= 0.3 is 5.97 Å². The van der Waals surface area contributed by atoms with Gasteiger partial charge in [-0.15, -0.1) is 0 Å². The van der Waals surface area contributed by atoms with E-state index in [9.17, 15) is 19.7 Å². The minimum absolute atomic E-state index is 0.0254. The van der Waals surface area contributed by atoms with E-state index >= 15 is 0 Å². The number of nitrogens with zero attached hydrogens (tertiary/aromatic N) is 1. The number of esters is 1. The molecule has 7 nitrogen and oxygen atoms in total. The summed E-state index contributed by atoms with van der Waals surface area (Å²) in [5, 5.41) is 13.4. The van der Waals surface area contributed by atoms with E-state index in [-0.39, 0.29) is 35.4 Å². The number of nitro groups is 1. The van der Waals surface area contributed by atoms with Crippen molar-refractivity contribution >= 4 is 23.3 Å². The highest BCUT2D eigenvalue weighted by Gasteiger charge is 2.31. The lowest BCUT2D eigenvalue weighted by atomic mass is 10.1. The fourth-order valence-corrected chi connectivity index (χ4v) is 1.72. The van der Waals surface area contributed by atoms with E-state index in [1.165, 1.54) is 18.2 Å². The van der Waals surface area contributed by atoms with Gasteiger partial charge in [0.1, 0.15) is 5.69 Å². The van der Waals surface area contributed by atoms with Gasteiger partial charge in [0.05, 0.1) is 17.1 Å². The number of amides is 1. The molecule has 1 fully saturated rings. The SMILES string of the molecule is CCOC(=O)c1ccc([N+](=O)[O-])c(NC(=O)C2CC2)c1. The average molecular weight is 278 g/mol. The van der Waals surface area contributed by atoms with E-state index < -0.39 is 10.9 Å². The van der Waals surface area contributed by atoms with Crippen LogP contribution in [0.15, 0.2) is 18.2 Å². The van der Waals surface area contributed by atoms with Crippen molar-refractivity contribution in [2.45, 2.75) is 19.8 Å². The van der Waals surface area contributed by atoms with Crippen LogP contribution in [-0.2, 0) is 9.53 Å². The lowest BCUT2D eigenvalue weighted by molar-refractivity contribution is -0.383. The largest absolute Gasteiger partial charge is 0.462 e. The average Bonchev–Trinajstić information content (AvgIpc) is 3.22. The van der Waals surface area contributed by atoms with E-state index in [1.54, 1.807) is 6.92 Å². The lowest BCUT2D eigenvalue weighted by Gasteiger charge is -2.07. The number of nitro benzene ring substituents is 1. The number of benzene rings is 1. The van der Waals surface area contributed by atoms with Crippen LogP contribution in [0.3, 0.4) is 0 Å². The van der Waals surface area contributed by atoms with Gasteiger partial charge in [0.25, 0.3) is 5.69 Å². The molecule has 1 aliphatic rings. The van der Waals surface area contributed by atoms with Gasteiger partial charge in [-0.25, -0.2) is 4.79 Å². The van der Waals surface area contributed by atoms with Gasteiger partial charge in [-0.2, -0.15) is 0 Å². The fraction of sp³-hybridized carbons (Fsp3) is 0.385. The zero-order chi connectivity index (χ0) is 14.7. The molecular weight excluding hydrogens is 264 g/mol. The fourth-order valence-electron chi connectivity index (χ4n) is 1.72. The zero-order valence-corrected chi connectivity index (χ0v) is 10.9. The predicted octanol–water partition coefficient (Wildman–Crippen LogP) is 2.12. The Morgan fingerprint density at radius 3 is 2.70 bits per heavy atom. The maximum absolute atomic E-state index is 11.7. The summed E-state index contributed by atoms with van der Waals surface area (Å²) in [4.78, 5) is 33.6. The highest BCUT2D eigenvalue weighted by atomic mass is 16.6. The smallest absolute Gasteiger partial charge is 0.338 e. The Kier molecular flexibility index (Phi) is 3.97. The monoisotopic (exact) mass is 278 g/mol. The summed E-state index contributed by atoms with van der Waals surface area (Å²) in [6.07, 6.45) is 1.58. The van der Waals surface area contributed by atoms with E-state index in [2.05, 4.69) is 5.32 Å². The molecule has 0 unspecified atom stereocenters. The third-order valence-electron chi connectivity index (χ3n) is 2.91. The Morgan fingerprint density at radius 2 is 2.15 bits per heavy atom. The molecule has 0 atom stereocenters. The molecule has 0 bridgehead atoms. The second kappa shape index (κ2) is 5.68. The molecule has 106 valence electrons. The Labute approximate surface area is 115 Å². The predicted molar refractivity (Wildman–Crippen MR) is 70.4 cm³/mol. The molecule has 2 rings (SSSR count). The summed E-state index contributed by atoms with van der Waals surface area (Å²) in [6.45, 7) is 1.87. The Bertz CT molecular complexity index is 566. The number of anilines is 1. The summed E-state index contributed by atoms with van der Waals surface area (Å²) in [5.41, 5.74) is -0.0481. The topological polar surface area (TPSA) is 98.5 Å². The van der Waals surface area contributed by atoms with E-state index in [1.807, 2.05) is 0 Å². The number of nitrogens with one attached hydrogen (secondary N) is 1. The van der Waals surface area contributed by atoms with Crippen molar-refractivity contribution in [1.29, 1.82) is 0 Å². The minimum Gasteiger partial charge on any atom is -0.462 e. The second-order valence-corrected chi connectivity index (χ2v) is 4.47. The van der Waals surface area contributed by atoms with Gasteiger partial charge in [-0.05, 0) is 31.9 Å². The first-order valence-corrected chi connectivity index (χ1v) is 6.29. The third-order valence-corrected chi connectivity index (χ3v) is 2.91. The standard InChI is InChI=1S/C13H14N2O5/c1-2-20-13(17)9-5-6-11(15(18)19)10(7-9)14-12(16)8-3-4-8/h5-8H,2-4H2,1H3,(H,14,16). The first-order chi connectivity index (χ1) is 9.52. The molecule has 7 heteroatoms. The Balaban J connectivity index is 2.28. The van der Waals surface area contributed by atoms with Crippen LogP contribution >= 0.6 is 0 Å². The number of hydrogen-bond acceptors (Lipinski definition) is 5. The third kappa shape index (κ3) is 3.11. The van der Waals surface area contributed by atoms with Gasteiger partial charge in [0.2, 0.25) is 5.91 Å². The number of rotatable bonds is 5. The summed E-state index contributed by atoms with van der Waals surface area (Å²) >= 11 is 0. The molecule has 0 radical (unpaired) electrons. The van der Waals surface area contributed by atoms with E-state index in [0.717, 1.165) is 12.8 Å². The number of hydrogen-bond donors (Lipinski definition) is 1. The Morgan fingerprint density at radius 1 is 1.45 bits per heavy atom. The molecule has 0 saturated heterocycles. The maximum Gasteiger partial charge on any atom is 0.338 e. The molecule has 0 aromatic heterocycles. The van der Waals surface area contributed by atoms with Crippen LogP contribution in [0, 0.1) is 16.0 Å². The normalized spacial score (nSPS) is 13.7. The summed E-state index contributed by atoms with van der Waals surface area (Å²) in [5.74, 6) is -0.917. The van der Waals surface area contributed by atoms with Gasteiger partial charge in [0.15, 0.2) is 0 Å². The van der Waals surface area contributed by atoms with Gasteiger partial charge in [0, 0.05) is 12.0 Å².